The zero-order chi connectivity index (χ0) is 10.6. The summed E-state index contributed by atoms with van der Waals surface area (Å²) in [7, 11) is 0. The average molecular weight is 200 g/mol. The first-order chi connectivity index (χ1) is 6.61. The molecule has 14 heavy (non-hydrogen) atoms. The third-order valence-electron chi connectivity index (χ3n) is 2.38. The van der Waals surface area contributed by atoms with Crippen molar-refractivity contribution in [2.75, 3.05) is 13.1 Å². The Labute approximate surface area is 83.1 Å². The van der Waals surface area contributed by atoms with Gasteiger partial charge in [-0.05, 0) is 26.2 Å². The van der Waals surface area contributed by atoms with Crippen LogP contribution >= 0.6 is 0 Å². The third kappa shape index (κ3) is 2.90. The van der Waals surface area contributed by atoms with E-state index in [1.807, 2.05) is 0 Å². The van der Waals surface area contributed by atoms with Gasteiger partial charge in [0, 0.05) is 13.1 Å². The van der Waals surface area contributed by atoms with Crippen LogP contribution in [0.1, 0.15) is 26.2 Å². The van der Waals surface area contributed by atoms with E-state index < -0.39 is 12.1 Å². The highest BCUT2D eigenvalue weighted by Gasteiger charge is 2.22. The van der Waals surface area contributed by atoms with Crippen molar-refractivity contribution in [1.82, 2.24) is 10.2 Å². The Balaban J connectivity index is 2.42. The van der Waals surface area contributed by atoms with Gasteiger partial charge in [0.05, 0.1) is 0 Å². The molecule has 1 saturated heterocycles. The molecule has 0 bridgehead atoms. The van der Waals surface area contributed by atoms with E-state index in [1.54, 1.807) is 11.8 Å². The van der Waals surface area contributed by atoms with Gasteiger partial charge in [-0.25, -0.2) is 4.79 Å². The number of nitrogens with one attached hydrogen (secondary N) is 1. The average Bonchev–Trinajstić information content (AvgIpc) is 2.17. The molecule has 2 N–H and O–H groups in total. The Morgan fingerprint density at radius 3 is 2.36 bits per heavy atom. The Hall–Kier alpha value is -1.26. The van der Waals surface area contributed by atoms with E-state index in [-0.39, 0.29) is 5.91 Å². The largest absolute Gasteiger partial charge is 0.465 e. The van der Waals surface area contributed by atoms with Gasteiger partial charge in [-0.2, -0.15) is 0 Å². The molecule has 1 aliphatic heterocycles. The molecule has 2 amide bonds. The van der Waals surface area contributed by atoms with Crippen LogP contribution in [0.2, 0.25) is 0 Å². The molecular weight excluding hydrogens is 184 g/mol. The van der Waals surface area contributed by atoms with E-state index in [0.717, 1.165) is 32.4 Å². The second kappa shape index (κ2) is 4.83. The summed E-state index contributed by atoms with van der Waals surface area (Å²) in [4.78, 5) is 23.7. The van der Waals surface area contributed by atoms with E-state index in [9.17, 15) is 9.59 Å². The number of hydrogen-bond donors (Lipinski definition) is 2. The molecule has 1 atom stereocenters. The van der Waals surface area contributed by atoms with Crippen molar-refractivity contribution < 1.29 is 14.7 Å². The van der Waals surface area contributed by atoms with Crippen molar-refractivity contribution in [3.63, 3.8) is 0 Å². The molecule has 0 spiro atoms. The number of nitrogens with zero attached hydrogens (tertiary/aromatic N) is 1. The topological polar surface area (TPSA) is 69.6 Å². The van der Waals surface area contributed by atoms with Gasteiger partial charge in [0.1, 0.15) is 6.04 Å². The number of carbonyl (C=O) groups is 2. The lowest BCUT2D eigenvalue weighted by Gasteiger charge is -2.29. The molecular formula is C9H16N2O3. The third-order valence-corrected chi connectivity index (χ3v) is 2.38. The van der Waals surface area contributed by atoms with Crippen LogP contribution in [0.4, 0.5) is 4.79 Å². The summed E-state index contributed by atoms with van der Waals surface area (Å²) in [5.74, 6) is -0.118. The van der Waals surface area contributed by atoms with Crippen molar-refractivity contribution in [3.05, 3.63) is 0 Å². The highest BCUT2D eigenvalue weighted by Crippen LogP contribution is 2.09. The summed E-state index contributed by atoms with van der Waals surface area (Å²) in [6.07, 6.45) is 2.05. The van der Waals surface area contributed by atoms with Crippen LogP contribution in [0.15, 0.2) is 0 Å². The first-order valence-corrected chi connectivity index (χ1v) is 4.89. The zero-order valence-corrected chi connectivity index (χ0v) is 8.32. The van der Waals surface area contributed by atoms with Gasteiger partial charge in [-0.1, -0.05) is 0 Å². The van der Waals surface area contributed by atoms with E-state index in [4.69, 9.17) is 5.11 Å². The molecule has 1 fully saturated rings. The van der Waals surface area contributed by atoms with Crippen LogP contribution in [-0.4, -0.2) is 41.1 Å². The van der Waals surface area contributed by atoms with Crippen LogP contribution in [0, 0.1) is 0 Å². The Morgan fingerprint density at radius 1 is 1.29 bits per heavy atom. The fourth-order valence-corrected chi connectivity index (χ4v) is 1.64. The molecule has 0 aromatic carbocycles. The smallest absolute Gasteiger partial charge is 0.405 e. The van der Waals surface area contributed by atoms with Gasteiger partial charge < -0.3 is 15.3 Å². The molecule has 0 saturated carbocycles. The van der Waals surface area contributed by atoms with Crippen LogP contribution in [0.5, 0.6) is 0 Å². The van der Waals surface area contributed by atoms with E-state index >= 15 is 0 Å². The van der Waals surface area contributed by atoms with Gasteiger partial charge in [0.2, 0.25) is 5.91 Å². The number of likely N-dealkylation sites (tertiary alicyclic amines) is 1. The quantitative estimate of drug-likeness (QED) is 0.687. The highest BCUT2D eigenvalue weighted by molar-refractivity contribution is 5.84. The van der Waals surface area contributed by atoms with Gasteiger partial charge >= 0.3 is 6.09 Å². The monoisotopic (exact) mass is 200 g/mol. The molecule has 0 aromatic heterocycles. The van der Waals surface area contributed by atoms with Gasteiger partial charge in [0.25, 0.3) is 0 Å². The molecule has 1 unspecified atom stereocenters. The second-order valence-corrected chi connectivity index (χ2v) is 3.56. The summed E-state index contributed by atoms with van der Waals surface area (Å²) in [6, 6.07) is -0.634. The summed E-state index contributed by atoms with van der Waals surface area (Å²) >= 11 is 0. The molecule has 0 radical (unpaired) electrons. The summed E-state index contributed by atoms with van der Waals surface area (Å²) in [5, 5.41) is 10.6. The molecule has 5 nitrogen and oxygen atoms in total. The Bertz CT molecular complexity index is 224. The van der Waals surface area contributed by atoms with Crippen molar-refractivity contribution in [3.8, 4) is 0 Å². The van der Waals surface area contributed by atoms with Crippen molar-refractivity contribution in [1.29, 1.82) is 0 Å². The van der Waals surface area contributed by atoms with Crippen LogP contribution in [-0.2, 0) is 4.79 Å². The Morgan fingerprint density at radius 2 is 1.86 bits per heavy atom. The number of carbonyl (C=O) groups excluding carboxylic acids is 1. The van der Waals surface area contributed by atoms with Crippen LogP contribution < -0.4 is 5.32 Å². The lowest BCUT2D eigenvalue weighted by molar-refractivity contribution is -0.133. The fourth-order valence-electron chi connectivity index (χ4n) is 1.64. The lowest BCUT2D eigenvalue weighted by atomic mass is 10.1. The molecule has 1 heterocycles. The standard InChI is InChI=1S/C9H16N2O3/c1-7(10-9(13)14)8(12)11-5-3-2-4-6-11/h7,10H,2-6H2,1H3,(H,13,14). The maximum Gasteiger partial charge on any atom is 0.405 e. The minimum Gasteiger partial charge on any atom is -0.465 e. The maximum absolute atomic E-state index is 11.6. The molecule has 5 heteroatoms. The molecule has 0 aromatic rings. The van der Waals surface area contributed by atoms with Crippen LogP contribution in [0.3, 0.4) is 0 Å². The summed E-state index contributed by atoms with van der Waals surface area (Å²) in [5.41, 5.74) is 0. The van der Waals surface area contributed by atoms with E-state index in [1.165, 1.54) is 0 Å². The summed E-state index contributed by atoms with van der Waals surface area (Å²) < 4.78 is 0. The lowest BCUT2D eigenvalue weighted by Crippen LogP contribution is -2.48. The number of piperidine rings is 1. The normalized spacial score (nSPS) is 18.8. The molecule has 1 rings (SSSR count). The molecule has 80 valence electrons. The zero-order valence-electron chi connectivity index (χ0n) is 8.32. The van der Waals surface area contributed by atoms with Gasteiger partial charge in [0.15, 0.2) is 0 Å². The number of carboxylic acid groups (broad SMARTS) is 1. The van der Waals surface area contributed by atoms with Crippen molar-refractivity contribution in [2.45, 2.75) is 32.2 Å². The number of amides is 2. The number of hydrogen-bond acceptors (Lipinski definition) is 2. The summed E-state index contributed by atoms with van der Waals surface area (Å²) in [6.45, 7) is 3.08. The van der Waals surface area contributed by atoms with Gasteiger partial charge in [-0.3, -0.25) is 4.79 Å². The van der Waals surface area contributed by atoms with Crippen LogP contribution in [0.25, 0.3) is 0 Å². The SMILES string of the molecule is CC(NC(=O)O)C(=O)N1CCCCC1. The van der Waals surface area contributed by atoms with E-state index in [2.05, 4.69) is 5.32 Å². The van der Waals surface area contributed by atoms with Crippen molar-refractivity contribution >= 4 is 12.0 Å². The first-order valence-electron chi connectivity index (χ1n) is 4.89. The highest BCUT2D eigenvalue weighted by atomic mass is 16.4. The second-order valence-electron chi connectivity index (χ2n) is 3.56. The maximum atomic E-state index is 11.6. The van der Waals surface area contributed by atoms with Gasteiger partial charge in [-0.15, -0.1) is 0 Å². The Kier molecular flexibility index (Phi) is 3.73. The minimum atomic E-state index is -1.15. The molecule has 1 aliphatic rings. The number of rotatable bonds is 2. The molecule has 0 aliphatic carbocycles. The minimum absolute atomic E-state index is 0.118. The van der Waals surface area contributed by atoms with Crippen molar-refractivity contribution in [2.24, 2.45) is 0 Å². The predicted octanol–water partition coefficient (Wildman–Crippen LogP) is 0.655. The fraction of sp³-hybridized carbons (Fsp3) is 0.778. The first kappa shape index (κ1) is 10.8. The predicted molar refractivity (Wildman–Crippen MR) is 51.1 cm³/mol. The van der Waals surface area contributed by atoms with E-state index in [0.29, 0.717) is 0 Å².